The Kier molecular flexibility index (Phi) is 7.07. The van der Waals surface area contributed by atoms with E-state index in [1.165, 1.54) is 0 Å². The van der Waals surface area contributed by atoms with Gasteiger partial charge >= 0.3 is 0 Å². The molecule has 0 spiro atoms. The molecule has 0 aliphatic heterocycles. The van der Waals surface area contributed by atoms with Gasteiger partial charge in [0, 0.05) is 24.2 Å². The number of hydrogen-bond donors (Lipinski definition) is 1. The van der Waals surface area contributed by atoms with E-state index in [1.807, 2.05) is 56.3 Å². The number of aromatic nitrogens is 1. The summed E-state index contributed by atoms with van der Waals surface area (Å²) in [5.74, 6) is 1.32. The molecule has 5 nitrogen and oxygen atoms in total. The highest BCUT2D eigenvalue weighted by molar-refractivity contribution is 5.99. The first-order chi connectivity index (χ1) is 14.4. The highest BCUT2D eigenvalue weighted by atomic mass is 16.5. The molecule has 0 aliphatic rings. The lowest BCUT2D eigenvalue weighted by atomic mass is 9.98. The number of carbonyl (C=O) groups is 1. The third-order valence-corrected chi connectivity index (χ3v) is 4.69. The zero-order valence-electron chi connectivity index (χ0n) is 17.6. The molecule has 1 heterocycles. The van der Waals surface area contributed by atoms with Crippen LogP contribution < -0.4 is 9.47 Å². The lowest BCUT2D eigenvalue weighted by Gasteiger charge is -2.14. The SMILES string of the molecule is Cc1c(OCc2cccc(COc3ccccn3)c2)ccc(C(=O)CC(C)C)c1O. The largest absolute Gasteiger partial charge is 0.507 e. The second-order valence-corrected chi connectivity index (χ2v) is 7.67. The number of phenols is 1. The number of Topliss-reactive ketones (excluding diaryl/α,β-unsaturated/α-hetero) is 1. The number of rotatable bonds is 9. The van der Waals surface area contributed by atoms with Gasteiger partial charge in [0.25, 0.3) is 0 Å². The van der Waals surface area contributed by atoms with E-state index in [9.17, 15) is 9.90 Å². The van der Waals surface area contributed by atoms with Crippen LogP contribution >= 0.6 is 0 Å². The molecule has 0 fully saturated rings. The van der Waals surface area contributed by atoms with Crippen molar-refractivity contribution < 1.29 is 19.4 Å². The predicted octanol–water partition coefficient (Wildman–Crippen LogP) is 5.48. The Bertz CT molecular complexity index is 999. The molecule has 0 aliphatic carbocycles. The van der Waals surface area contributed by atoms with Crippen LogP contribution in [0.15, 0.2) is 60.8 Å². The van der Waals surface area contributed by atoms with Crippen LogP contribution in [0.2, 0.25) is 0 Å². The van der Waals surface area contributed by atoms with Crippen molar-refractivity contribution in [3.05, 3.63) is 83.0 Å². The summed E-state index contributed by atoms with van der Waals surface area (Å²) in [6, 6.07) is 16.8. The van der Waals surface area contributed by atoms with Crippen LogP contribution in [0.4, 0.5) is 0 Å². The second-order valence-electron chi connectivity index (χ2n) is 7.67. The van der Waals surface area contributed by atoms with Crippen LogP contribution in [0.3, 0.4) is 0 Å². The van der Waals surface area contributed by atoms with Crippen LogP contribution in [0.1, 0.15) is 47.3 Å². The molecule has 0 amide bonds. The Hall–Kier alpha value is -3.34. The minimum Gasteiger partial charge on any atom is -0.507 e. The van der Waals surface area contributed by atoms with E-state index in [0.717, 1.165) is 11.1 Å². The zero-order chi connectivity index (χ0) is 21.5. The van der Waals surface area contributed by atoms with Gasteiger partial charge in [0.15, 0.2) is 5.78 Å². The van der Waals surface area contributed by atoms with Crippen molar-refractivity contribution in [2.75, 3.05) is 0 Å². The van der Waals surface area contributed by atoms with Gasteiger partial charge in [0.1, 0.15) is 24.7 Å². The topological polar surface area (TPSA) is 68.7 Å². The van der Waals surface area contributed by atoms with E-state index in [0.29, 0.717) is 42.4 Å². The monoisotopic (exact) mass is 405 g/mol. The van der Waals surface area contributed by atoms with Crippen molar-refractivity contribution in [3.63, 3.8) is 0 Å². The number of ketones is 1. The molecule has 0 bridgehead atoms. The number of pyridine rings is 1. The standard InChI is InChI=1S/C25H27NO4/c1-17(2)13-22(27)21-10-11-23(18(3)25(21)28)29-15-19-7-6-8-20(14-19)16-30-24-9-4-5-12-26-24/h4-12,14,17,28H,13,15-16H2,1-3H3. The van der Waals surface area contributed by atoms with Gasteiger partial charge in [0.05, 0.1) is 5.56 Å². The summed E-state index contributed by atoms with van der Waals surface area (Å²) in [6.07, 6.45) is 2.10. The van der Waals surface area contributed by atoms with E-state index in [2.05, 4.69) is 4.98 Å². The van der Waals surface area contributed by atoms with Crippen molar-refractivity contribution in [3.8, 4) is 17.4 Å². The summed E-state index contributed by atoms with van der Waals surface area (Å²) >= 11 is 0. The van der Waals surface area contributed by atoms with E-state index in [1.54, 1.807) is 25.3 Å². The van der Waals surface area contributed by atoms with Crippen LogP contribution in [-0.2, 0) is 13.2 Å². The lowest BCUT2D eigenvalue weighted by Crippen LogP contribution is -2.05. The van der Waals surface area contributed by atoms with Gasteiger partial charge in [-0.25, -0.2) is 4.98 Å². The molecule has 0 saturated heterocycles. The molecule has 1 N–H and O–H groups in total. The third-order valence-electron chi connectivity index (χ3n) is 4.69. The zero-order valence-corrected chi connectivity index (χ0v) is 17.6. The first kappa shape index (κ1) is 21.4. The summed E-state index contributed by atoms with van der Waals surface area (Å²) in [7, 11) is 0. The highest BCUT2D eigenvalue weighted by Gasteiger charge is 2.17. The molecule has 0 radical (unpaired) electrons. The number of ether oxygens (including phenoxy) is 2. The van der Waals surface area contributed by atoms with Gasteiger partial charge in [-0.1, -0.05) is 38.1 Å². The summed E-state index contributed by atoms with van der Waals surface area (Å²) in [5, 5.41) is 10.5. The van der Waals surface area contributed by atoms with E-state index >= 15 is 0 Å². The van der Waals surface area contributed by atoms with Gasteiger partial charge in [-0.05, 0) is 48.2 Å². The fourth-order valence-corrected chi connectivity index (χ4v) is 3.10. The fraction of sp³-hybridized carbons (Fsp3) is 0.280. The maximum absolute atomic E-state index is 12.3. The minimum atomic E-state index is -0.0576. The van der Waals surface area contributed by atoms with Gasteiger partial charge in [-0.3, -0.25) is 4.79 Å². The number of hydrogen-bond acceptors (Lipinski definition) is 5. The van der Waals surface area contributed by atoms with Crippen LogP contribution in [0.5, 0.6) is 17.4 Å². The fourth-order valence-electron chi connectivity index (χ4n) is 3.10. The molecule has 0 saturated carbocycles. The molecule has 1 aromatic heterocycles. The Morgan fingerprint density at radius 2 is 1.73 bits per heavy atom. The van der Waals surface area contributed by atoms with Crippen molar-refractivity contribution in [2.24, 2.45) is 5.92 Å². The number of carbonyl (C=O) groups excluding carboxylic acids is 1. The summed E-state index contributed by atoms with van der Waals surface area (Å²) in [5.41, 5.74) is 2.91. The van der Waals surface area contributed by atoms with Crippen molar-refractivity contribution in [1.29, 1.82) is 0 Å². The number of aromatic hydroxyl groups is 1. The Labute approximate surface area is 177 Å². The molecule has 0 unspecified atom stereocenters. The van der Waals surface area contributed by atoms with Crippen LogP contribution in [-0.4, -0.2) is 15.9 Å². The highest BCUT2D eigenvalue weighted by Crippen LogP contribution is 2.32. The van der Waals surface area contributed by atoms with Gasteiger partial charge in [0.2, 0.25) is 5.88 Å². The van der Waals surface area contributed by atoms with Crippen LogP contribution in [0.25, 0.3) is 0 Å². The maximum Gasteiger partial charge on any atom is 0.213 e. The maximum atomic E-state index is 12.3. The number of benzene rings is 2. The van der Waals surface area contributed by atoms with Gasteiger partial charge < -0.3 is 14.6 Å². The summed E-state index contributed by atoms with van der Waals surface area (Å²) in [6.45, 7) is 6.48. The molecule has 3 rings (SSSR count). The Balaban J connectivity index is 1.64. The molecule has 0 atom stereocenters. The quantitative estimate of drug-likeness (QED) is 0.477. The van der Waals surface area contributed by atoms with Gasteiger partial charge in [-0.2, -0.15) is 0 Å². The number of nitrogens with zero attached hydrogens (tertiary/aromatic N) is 1. The van der Waals surface area contributed by atoms with Gasteiger partial charge in [-0.15, -0.1) is 0 Å². The van der Waals surface area contributed by atoms with E-state index < -0.39 is 0 Å². The smallest absolute Gasteiger partial charge is 0.213 e. The molecule has 2 aromatic carbocycles. The van der Waals surface area contributed by atoms with Crippen molar-refractivity contribution in [2.45, 2.75) is 40.4 Å². The van der Waals surface area contributed by atoms with Crippen LogP contribution in [0, 0.1) is 12.8 Å². The van der Waals surface area contributed by atoms with Crippen molar-refractivity contribution >= 4 is 5.78 Å². The lowest BCUT2D eigenvalue weighted by molar-refractivity contribution is 0.0965. The predicted molar refractivity (Wildman–Crippen MR) is 116 cm³/mol. The first-order valence-corrected chi connectivity index (χ1v) is 10.0. The molecular formula is C25H27NO4. The third kappa shape index (κ3) is 5.60. The Morgan fingerprint density at radius 3 is 2.40 bits per heavy atom. The molecule has 5 heteroatoms. The molecule has 156 valence electrons. The Morgan fingerprint density at radius 1 is 1.00 bits per heavy atom. The average Bonchev–Trinajstić information content (AvgIpc) is 2.74. The molecular weight excluding hydrogens is 378 g/mol. The summed E-state index contributed by atoms with van der Waals surface area (Å²) in [4.78, 5) is 16.5. The van der Waals surface area contributed by atoms with E-state index in [-0.39, 0.29) is 17.5 Å². The normalized spacial score (nSPS) is 10.8. The summed E-state index contributed by atoms with van der Waals surface area (Å²) < 4.78 is 11.6. The number of phenolic OH excluding ortho intramolecular Hbond substituents is 1. The average molecular weight is 405 g/mol. The molecule has 30 heavy (non-hydrogen) atoms. The van der Waals surface area contributed by atoms with E-state index in [4.69, 9.17) is 9.47 Å². The minimum absolute atomic E-state index is 0.00402. The molecule has 3 aromatic rings. The van der Waals surface area contributed by atoms with Crippen molar-refractivity contribution in [1.82, 2.24) is 4.98 Å². The second kappa shape index (κ2) is 9.92. The first-order valence-electron chi connectivity index (χ1n) is 10.0.